The monoisotopic (exact) mass is 347 g/mol. The minimum Gasteiger partial charge on any atom is -0.457 e. The van der Waals surface area contributed by atoms with Gasteiger partial charge in [0.05, 0.1) is 0 Å². The SMILES string of the molecule is CCc1ccc(Oc2ccc(CNC(C)C)c(Br)c2)cc1. The van der Waals surface area contributed by atoms with Gasteiger partial charge in [-0.05, 0) is 41.8 Å². The molecule has 0 atom stereocenters. The summed E-state index contributed by atoms with van der Waals surface area (Å²) in [6.45, 7) is 7.29. The first-order valence-corrected chi connectivity index (χ1v) is 8.16. The molecule has 21 heavy (non-hydrogen) atoms. The molecule has 0 radical (unpaired) electrons. The van der Waals surface area contributed by atoms with E-state index in [1.54, 1.807) is 0 Å². The van der Waals surface area contributed by atoms with Crippen molar-refractivity contribution in [2.24, 2.45) is 0 Å². The van der Waals surface area contributed by atoms with Crippen molar-refractivity contribution in [1.82, 2.24) is 5.32 Å². The predicted octanol–water partition coefficient (Wildman–Crippen LogP) is 5.30. The summed E-state index contributed by atoms with van der Waals surface area (Å²) in [5, 5.41) is 3.41. The van der Waals surface area contributed by atoms with E-state index in [1.165, 1.54) is 11.1 Å². The second-order valence-corrected chi connectivity index (χ2v) is 6.24. The van der Waals surface area contributed by atoms with E-state index in [4.69, 9.17) is 4.74 Å². The highest BCUT2D eigenvalue weighted by atomic mass is 79.9. The lowest BCUT2D eigenvalue weighted by Crippen LogP contribution is -2.21. The third kappa shape index (κ3) is 4.87. The summed E-state index contributed by atoms with van der Waals surface area (Å²) in [7, 11) is 0. The van der Waals surface area contributed by atoms with Gasteiger partial charge in [0.15, 0.2) is 0 Å². The number of benzene rings is 2. The van der Waals surface area contributed by atoms with Crippen molar-refractivity contribution >= 4 is 15.9 Å². The number of hydrogen-bond acceptors (Lipinski definition) is 2. The van der Waals surface area contributed by atoms with Crippen LogP contribution in [0.25, 0.3) is 0 Å². The van der Waals surface area contributed by atoms with Crippen LogP contribution in [0.3, 0.4) is 0 Å². The second kappa shape index (κ2) is 7.62. The third-order valence-corrected chi connectivity index (χ3v) is 4.03. The molecular formula is C18H22BrNO. The van der Waals surface area contributed by atoms with Crippen LogP contribution < -0.4 is 10.1 Å². The first kappa shape index (κ1) is 16.1. The summed E-state index contributed by atoms with van der Waals surface area (Å²) in [5.41, 5.74) is 2.55. The lowest BCUT2D eigenvalue weighted by molar-refractivity contribution is 0.481. The van der Waals surface area contributed by atoms with Crippen LogP contribution in [0.2, 0.25) is 0 Å². The number of aryl methyl sites for hydroxylation is 1. The van der Waals surface area contributed by atoms with Gasteiger partial charge < -0.3 is 10.1 Å². The fraction of sp³-hybridized carbons (Fsp3) is 0.333. The quantitative estimate of drug-likeness (QED) is 0.765. The number of ether oxygens (including phenoxy) is 1. The molecule has 0 aliphatic carbocycles. The normalized spacial score (nSPS) is 10.9. The molecule has 0 aromatic heterocycles. The Morgan fingerprint density at radius 3 is 2.29 bits per heavy atom. The Balaban J connectivity index is 2.05. The van der Waals surface area contributed by atoms with Gasteiger partial charge in [-0.1, -0.05) is 54.9 Å². The van der Waals surface area contributed by atoms with E-state index in [0.29, 0.717) is 6.04 Å². The largest absolute Gasteiger partial charge is 0.457 e. The van der Waals surface area contributed by atoms with E-state index in [0.717, 1.165) is 28.9 Å². The highest BCUT2D eigenvalue weighted by Crippen LogP contribution is 2.27. The molecule has 0 aliphatic rings. The van der Waals surface area contributed by atoms with Crippen molar-refractivity contribution in [2.75, 3.05) is 0 Å². The summed E-state index contributed by atoms with van der Waals surface area (Å²) < 4.78 is 6.96. The van der Waals surface area contributed by atoms with Gasteiger partial charge in [0.25, 0.3) is 0 Å². The molecule has 2 rings (SSSR count). The van der Waals surface area contributed by atoms with E-state index in [2.05, 4.69) is 60.2 Å². The molecule has 0 spiro atoms. The first-order chi connectivity index (χ1) is 10.1. The van der Waals surface area contributed by atoms with E-state index < -0.39 is 0 Å². The smallest absolute Gasteiger partial charge is 0.128 e. The fourth-order valence-electron chi connectivity index (χ4n) is 1.98. The van der Waals surface area contributed by atoms with Gasteiger partial charge in [-0.15, -0.1) is 0 Å². The average Bonchev–Trinajstić information content (AvgIpc) is 2.47. The van der Waals surface area contributed by atoms with Gasteiger partial charge in [-0.2, -0.15) is 0 Å². The van der Waals surface area contributed by atoms with E-state index in [1.807, 2.05) is 24.3 Å². The molecule has 2 aromatic carbocycles. The lowest BCUT2D eigenvalue weighted by Gasteiger charge is -2.12. The van der Waals surface area contributed by atoms with Crippen LogP contribution in [-0.2, 0) is 13.0 Å². The van der Waals surface area contributed by atoms with Gasteiger partial charge in [0, 0.05) is 17.1 Å². The zero-order chi connectivity index (χ0) is 15.2. The van der Waals surface area contributed by atoms with Gasteiger partial charge in [-0.25, -0.2) is 0 Å². The molecule has 1 N–H and O–H groups in total. The molecule has 0 heterocycles. The number of hydrogen-bond donors (Lipinski definition) is 1. The molecule has 0 fully saturated rings. The predicted molar refractivity (Wildman–Crippen MR) is 92.0 cm³/mol. The molecule has 0 unspecified atom stereocenters. The van der Waals surface area contributed by atoms with Crippen molar-refractivity contribution in [1.29, 1.82) is 0 Å². The molecule has 0 saturated heterocycles. The van der Waals surface area contributed by atoms with Crippen LogP contribution in [0, 0.1) is 0 Å². The molecule has 3 heteroatoms. The second-order valence-electron chi connectivity index (χ2n) is 5.39. The maximum absolute atomic E-state index is 5.89. The van der Waals surface area contributed by atoms with Crippen LogP contribution in [0.5, 0.6) is 11.5 Å². The van der Waals surface area contributed by atoms with Crippen molar-refractivity contribution in [3.8, 4) is 11.5 Å². The van der Waals surface area contributed by atoms with Crippen LogP contribution in [0.4, 0.5) is 0 Å². The van der Waals surface area contributed by atoms with Crippen molar-refractivity contribution in [3.05, 3.63) is 58.1 Å². The van der Waals surface area contributed by atoms with Crippen LogP contribution in [-0.4, -0.2) is 6.04 Å². The molecule has 0 amide bonds. The highest BCUT2D eigenvalue weighted by molar-refractivity contribution is 9.10. The van der Waals surface area contributed by atoms with E-state index >= 15 is 0 Å². The molecule has 112 valence electrons. The Morgan fingerprint density at radius 2 is 1.71 bits per heavy atom. The number of rotatable bonds is 6. The summed E-state index contributed by atoms with van der Waals surface area (Å²) in [5.74, 6) is 1.71. The standard InChI is InChI=1S/C18H22BrNO/c1-4-14-5-8-16(9-6-14)21-17-10-7-15(18(19)11-17)12-20-13(2)3/h5-11,13,20H,4,12H2,1-3H3. The Hall–Kier alpha value is -1.32. The minimum atomic E-state index is 0.477. The van der Waals surface area contributed by atoms with Crippen molar-refractivity contribution in [2.45, 2.75) is 39.8 Å². The van der Waals surface area contributed by atoms with Crippen molar-refractivity contribution in [3.63, 3.8) is 0 Å². The van der Waals surface area contributed by atoms with Gasteiger partial charge in [-0.3, -0.25) is 0 Å². The third-order valence-electron chi connectivity index (χ3n) is 3.29. The number of nitrogens with one attached hydrogen (secondary N) is 1. The Kier molecular flexibility index (Phi) is 5.83. The van der Waals surface area contributed by atoms with Gasteiger partial charge >= 0.3 is 0 Å². The van der Waals surface area contributed by atoms with E-state index in [9.17, 15) is 0 Å². The maximum atomic E-state index is 5.89. The van der Waals surface area contributed by atoms with E-state index in [-0.39, 0.29) is 0 Å². The molecule has 0 bridgehead atoms. The Labute approximate surface area is 135 Å². The zero-order valence-corrected chi connectivity index (χ0v) is 14.4. The zero-order valence-electron chi connectivity index (χ0n) is 12.8. The summed E-state index contributed by atoms with van der Waals surface area (Å²) in [4.78, 5) is 0. The molecular weight excluding hydrogens is 326 g/mol. The summed E-state index contributed by atoms with van der Waals surface area (Å²) >= 11 is 3.61. The van der Waals surface area contributed by atoms with Crippen LogP contribution >= 0.6 is 15.9 Å². The van der Waals surface area contributed by atoms with Gasteiger partial charge in [0.2, 0.25) is 0 Å². The highest BCUT2D eigenvalue weighted by Gasteiger charge is 2.04. The summed E-state index contributed by atoms with van der Waals surface area (Å²) in [6, 6.07) is 14.8. The summed E-state index contributed by atoms with van der Waals surface area (Å²) in [6.07, 6.45) is 1.05. The Morgan fingerprint density at radius 1 is 1.05 bits per heavy atom. The molecule has 0 saturated carbocycles. The maximum Gasteiger partial charge on any atom is 0.128 e. The van der Waals surface area contributed by atoms with Crippen LogP contribution in [0.1, 0.15) is 31.9 Å². The van der Waals surface area contributed by atoms with Crippen molar-refractivity contribution < 1.29 is 4.74 Å². The Bertz CT molecular complexity index is 578. The molecule has 0 aliphatic heterocycles. The fourth-order valence-corrected chi connectivity index (χ4v) is 2.48. The van der Waals surface area contributed by atoms with Crippen LogP contribution in [0.15, 0.2) is 46.9 Å². The van der Waals surface area contributed by atoms with Gasteiger partial charge in [0.1, 0.15) is 11.5 Å². The lowest BCUT2D eigenvalue weighted by atomic mass is 10.2. The topological polar surface area (TPSA) is 21.3 Å². The first-order valence-electron chi connectivity index (χ1n) is 7.37. The minimum absolute atomic E-state index is 0.477. The number of halogens is 1. The average molecular weight is 348 g/mol. The molecule has 2 aromatic rings. The molecule has 2 nitrogen and oxygen atoms in total.